The molecule has 15 heavy (non-hydrogen) atoms. The molecule has 0 amide bonds. The van der Waals surface area contributed by atoms with Crippen molar-refractivity contribution in [3.63, 3.8) is 0 Å². The second-order valence-corrected chi connectivity index (χ2v) is 5.18. The molecule has 0 aliphatic heterocycles. The summed E-state index contributed by atoms with van der Waals surface area (Å²) in [6.45, 7) is 8.71. The van der Waals surface area contributed by atoms with E-state index in [1.807, 2.05) is 0 Å². The lowest BCUT2D eigenvalue weighted by Crippen LogP contribution is -2.36. The topological polar surface area (TPSA) is 24.5 Å². The van der Waals surface area contributed by atoms with Gasteiger partial charge in [-0.25, -0.2) is 0 Å². The van der Waals surface area contributed by atoms with E-state index in [1.54, 1.807) is 7.11 Å². The van der Waals surface area contributed by atoms with Crippen LogP contribution in [0.4, 0.5) is 0 Å². The zero-order valence-electron chi connectivity index (χ0n) is 11.3. The minimum Gasteiger partial charge on any atom is -0.379 e. The minimum atomic E-state index is -0.0199. The summed E-state index contributed by atoms with van der Waals surface area (Å²) in [7, 11) is 5.99. The van der Waals surface area contributed by atoms with Crippen molar-refractivity contribution in [2.75, 3.05) is 34.3 Å². The van der Waals surface area contributed by atoms with Gasteiger partial charge in [-0.2, -0.15) is 0 Å². The van der Waals surface area contributed by atoms with Gasteiger partial charge in [0.1, 0.15) is 0 Å². The fourth-order valence-corrected chi connectivity index (χ4v) is 1.64. The molecule has 3 heteroatoms. The van der Waals surface area contributed by atoms with Gasteiger partial charge in [0, 0.05) is 13.2 Å². The molecule has 0 rings (SSSR count). The SMILES string of the molecule is COC(C)(C)C[C@H](C)NCCCN(C)C. The maximum Gasteiger partial charge on any atom is 0.0637 e. The van der Waals surface area contributed by atoms with Gasteiger partial charge in [-0.15, -0.1) is 0 Å². The molecule has 0 radical (unpaired) electrons. The van der Waals surface area contributed by atoms with Gasteiger partial charge in [0.15, 0.2) is 0 Å². The molecule has 0 bridgehead atoms. The van der Waals surface area contributed by atoms with Crippen molar-refractivity contribution in [1.82, 2.24) is 10.2 Å². The van der Waals surface area contributed by atoms with Crippen molar-refractivity contribution in [3.8, 4) is 0 Å². The van der Waals surface area contributed by atoms with Crippen LogP contribution in [0.3, 0.4) is 0 Å². The molecule has 1 N–H and O–H groups in total. The predicted octanol–water partition coefficient (Wildman–Crippen LogP) is 1.73. The van der Waals surface area contributed by atoms with E-state index in [-0.39, 0.29) is 5.60 Å². The van der Waals surface area contributed by atoms with Gasteiger partial charge in [0.05, 0.1) is 5.60 Å². The van der Waals surface area contributed by atoms with E-state index in [0.717, 1.165) is 19.5 Å². The van der Waals surface area contributed by atoms with Crippen LogP contribution >= 0.6 is 0 Å². The monoisotopic (exact) mass is 216 g/mol. The van der Waals surface area contributed by atoms with Gasteiger partial charge in [0.2, 0.25) is 0 Å². The first-order valence-electron chi connectivity index (χ1n) is 5.80. The van der Waals surface area contributed by atoms with Crippen LogP contribution in [-0.2, 0) is 4.74 Å². The Morgan fingerprint density at radius 1 is 1.33 bits per heavy atom. The number of methoxy groups -OCH3 is 1. The smallest absolute Gasteiger partial charge is 0.0637 e. The lowest BCUT2D eigenvalue weighted by Gasteiger charge is -2.27. The van der Waals surface area contributed by atoms with E-state index in [4.69, 9.17) is 4.74 Å². The minimum absolute atomic E-state index is 0.0199. The third kappa shape index (κ3) is 8.85. The van der Waals surface area contributed by atoms with Gasteiger partial charge in [0.25, 0.3) is 0 Å². The number of hydrogen-bond acceptors (Lipinski definition) is 3. The van der Waals surface area contributed by atoms with Crippen LogP contribution in [0, 0.1) is 0 Å². The van der Waals surface area contributed by atoms with Crippen molar-refractivity contribution >= 4 is 0 Å². The Kier molecular flexibility index (Phi) is 7.14. The molecule has 0 saturated carbocycles. The standard InChI is InChI=1S/C12H28N2O/c1-11(10-12(2,3)15-6)13-8-7-9-14(4)5/h11,13H,7-10H2,1-6H3/t11-/m0/s1. The molecule has 0 unspecified atom stereocenters. The Balaban J connectivity index is 3.53. The normalized spacial score (nSPS) is 14.6. The molecule has 0 aromatic carbocycles. The molecular weight excluding hydrogens is 188 g/mol. The molecule has 1 atom stereocenters. The largest absolute Gasteiger partial charge is 0.379 e. The van der Waals surface area contributed by atoms with Crippen molar-refractivity contribution in [1.29, 1.82) is 0 Å². The highest BCUT2D eigenvalue weighted by molar-refractivity contribution is 4.75. The van der Waals surface area contributed by atoms with Crippen LogP contribution in [0.15, 0.2) is 0 Å². The highest BCUT2D eigenvalue weighted by Crippen LogP contribution is 2.15. The number of nitrogens with zero attached hydrogens (tertiary/aromatic N) is 1. The summed E-state index contributed by atoms with van der Waals surface area (Å²) in [6, 6.07) is 0.516. The maximum atomic E-state index is 5.40. The van der Waals surface area contributed by atoms with E-state index < -0.39 is 0 Å². The highest BCUT2D eigenvalue weighted by Gasteiger charge is 2.19. The fraction of sp³-hybridized carbons (Fsp3) is 1.00. The summed E-state index contributed by atoms with van der Waals surface area (Å²) in [5.74, 6) is 0. The van der Waals surface area contributed by atoms with Crippen LogP contribution in [0.5, 0.6) is 0 Å². The quantitative estimate of drug-likeness (QED) is 0.625. The predicted molar refractivity (Wildman–Crippen MR) is 66.3 cm³/mol. The molecule has 0 aromatic rings. The Hall–Kier alpha value is -0.120. The molecule has 0 saturated heterocycles. The number of rotatable bonds is 8. The first-order valence-corrected chi connectivity index (χ1v) is 5.80. The Labute approximate surface area is 95.2 Å². The second kappa shape index (κ2) is 7.20. The highest BCUT2D eigenvalue weighted by atomic mass is 16.5. The Bertz CT molecular complexity index is 158. The lowest BCUT2D eigenvalue weighted by atomic mass is 10.00. The van der Waals surface area contributed by atoms with Gasteiger partial charge in [-0.05, 0) is 60.8 Å². The second-order valence-electron chi connectivity index (χ2n) is 5.18. The van der Waals surface area contributed by atoms with Crippen molar-refractivity contribution < 1.29 is 4.74 Å². The van der Waals surface area contributed by atoms with Crippen molar-refractivity contribution in [3.05, 3.63) is 0 Å². The Morgan fingerprint density at radius 2 is 1.93 bits per heavy atom. The molecule has 0 aliphatic carbocycles. The summed E-state index contributed by atoms with van der Waals surface area (Å²) in [6.07, 6.45) is 2.25. The molecular formula is C12H28N2O. The van der Waals surface area contributed by atoms with Gasteiger partial charge < -0.3 is 15.0 Å². The van der Waals surface area contributed by atoms with Crippen LogP contribution in [0.2, 0.25) is 0 Å². The van der Waals surface area contributed by atoms with E-state index >= 15 is 0 Å². The first kappa shape index (κ1) is 14.9. The van der Waals surface area contributed by atoms with Crippen molar-refractivity contribution in [2.45, 2.75) is 45.3 Å². The van der Waals surface area contributed by atoms with E-state index in [1.165, 1.54) is 6.42 Å². The van der Waals surface area contributed by atoms with Crippen LogP contribution in [0.1, 0.15) is 33.6 Å². The Morgan fingerprint density at radius 3 is 2.40 bits per heavy atom. The summed E-state index contributed by atoms with van der Waals surface area (Å²) < 4.78 is 5.40. The molecule has 0 heterocycles. The lowest BCUT2D eigenvalue weighted by molar-refractivity contribution is 0.00858. The third-order valence-electron chi connectivity index (χ3n) is 2.63. The molecule has 92 valence electrons. The van der Waals surface area contributed by atoms with E-state index in [2.05, 4.69) is 45.1 Å². The molecule has 0 aliphatic rings. The van der Waals surface area contributed by atoms with Crippen LogP contribution in [0.25, 0.3) is 0 Å². The average Bonchev–Trinajstić information content (AvgIpc) is 2.11. The third-order valence-corrected chi connectivity index (χ3v) is 2.63. The summed E-state index contributed by atoms with van der Waals surface area (Å²) in [4.78, 5) is 2.21. The summed E-state index contributed by atoms with van der Waals surface area (Å²) in [5, 5.41) is 3.52. The molecule has 3 nitrogen and oxygen atoms in total. The number of hydrogen-bond donors (Lipinski definition) is 1. The van der Waals surface area contributed by atoms with Gasteiger partial charge >= 0.3 is 0 Å². The fourth-order valence-electron chi connectivity index (χ4n) is 1.64. The van der Waals surface area contributed by atoms with Crippen molar-refractivity contribution in [2.24, 2.45) is 0 Å². The number of ether oxygens (including phenoxy) is 1. The zero-order valence-corrected chi connectivity index (χ0v) is 11.3. The van der Waals surface area contributed by atoms with Gasteiger partial charge in [-0.1, -0.05) is 0 Å². The summed E-state index contributed by atoms with van der Waals surface area (Å²) in [5.41, 5.74) is -0.0199. The molecule has 0 aromatic heterocycles. The first-order chi connectivity index (χ1) is 6.87. The van der Waals surface area contributed by atoms with Gasteiger partial charge in [-0.3, -0.25) is 0 Å². The van der Waals surface area contributed by atoms with Crippen LogP contribution < -0.4 is 5.32 Å². The van der Waals surface area contributed by atoms with E-state index in [9.17, 15) is 0 Å². The van der Waals surface area contributed by atoms with E-state index in [0.29, 0.717) is 6.04 Å². The summed E-state index contributed by atoms with van der Waals surface area (Å²) >= 11 is 0. The maximum absolute atomic E-state index is 5.40. The molecule has 0 spiro atoms. The van der Waals surface area contributed by atoms with Crippen LogP contribution in [-0.4, -0.2) is 50.8 Å². The number of nitrogens with one attached hydrogen (secondary N) is 1. The zero-order chi connectivity index (χ0) is 11.9. The molecule has 0 fully saturated rings. The average molecular weight is 216 g/mol.